The monoisotopic (exact) mass is 302 g/mol. The largest absolute Gasteiger partial charge is 0.491 e. The van der Waals surface area contributed by atoms with E-state index in [1.165, 1.54) is 0 Å². The Morgan fingerprint density at radius 1 is 1.27 bits per heavy atom. The van der Waals surface area contributed by atoms with Crippen molar-refractivity contribution in [3.8, 4) is 5.75 Å². The van der Waals surface area contributed by atoms with E-state index in [1.807, 2.05) is 0 Å². The summed E-state index contributed by atoms with van der Waals surface area (Å²) in [6, 6.07) is 8.45. The number of amides is 1. The van der Waals surface area contributed by atoms with Gasteiger partial charge < -0.3 is 20.1 Å². The Balaban J connectivity index is 2.14. The molecule has 3 N–H and O–H groups in total. The van der Waals surface area contributed by atoms with E-state index in [4.69, 9.17) is 9.84 Å². The average Bonchev–Trinajstić information content (AvgIpc) is 2.45. The number of nitrogens with one attached hydrogen (secondary N) is 2. The predicted octanol–water partition coefficient (Wildman–Crippen LogP) is 1.62. The van der Waals surface area contributed by atoms with E-state index in [1.54, 1.807) is 44.2 Å². The number of aromatic nitrogens is 1. The second kappa shape index (κ2) is 6.91. The molecule has 6 nitrogen and oxygen atoms in total. The van der Waals surface area contributed by atoms with Crippen LogP contribution in [-0.2, 0) is 0 Å². The van der Waals surface area contributed by atoms with Gasteiger partial charge in [-0.1, -0.05) is 0 Å². The standard InChI is InChI=1S/C16H18N2O4/c1-10-9-11(2)17-15(20)14(10)16(21)18-12-3-5-13(6-4-12)22-8-7-19/h3-6,9,19H,7-8H2,1-2H3,(H,17,20)(H,18,21). The highest BCUT2D eigenvalue weighted by atomic mass is 16.5. The number of ether oxygens (including phenoxy) is 1. The molecule has 0 radical (unpaired) electrons. The fourth-order valence-corrected chi connectivity index (χ4v) is 2.13. The summed E-state index contributed by atoms with van der Waals surface area (Å²) in [4.78, 5) is 26.8. The maximum absolute atomic E-state index is 12.2. The molecule has 0 saturated carbocycles. The van der Waals surface area contributed by atoms with Crippen molar-refractivity contribution < 1.29 is 14.6 Å². The Morgan fingerprint density at radius 2 is 1.95 bits per heavy atom. The minimum absolute atomic E-state index is 0.0615. The van der Waals surface area contributed by atoms with E-state index in [-0.39, 0.29) is 18.8 Å². The molecule has 2 aromatic rings. The zero-order chi connectivity index (χ0) is 16.1. The smallest absolute Gasteiger partial charge is 0.261 e. The highest BCUT2D eigenvalue weighted by molar-refractivity contribution is 6.05. The summed E-state index contributed by atoms with van der Waals surface area (Å²) in [5.74, 6) is 0.138. The number of aliphatic hydroxyl groups is 1. The molecule has 2 rings (SSSR count). The molecule has 1 amide bonds. The molecular formula is C16H18N2O4. The van der Waals surface area contributed by atoms with Crippen LogP contribution < -0.4 is 15.6 Å². The van der Waals surface area contributed by atoms with Crippen molar-refractivity contribution in [2.75, 3.05) is 18.5 Å². The zero-order valence-corrected chi connectivity index (χ0v) is 12.5. The summed E-state index contributed by atoms with van der Waals surface area (Å²) in [7, 11) is 0. The third-order valence-electron chi connectivity index (χ3n) is 3.06. The number of hydrogen-bond acceptors (Lipinski definition) is 4. The first-order valence-electron chi connectivity index (χ1n) is 6.87. The normalized spacial score (nSPS) is 10.3. The maximum Gasteiger partial charge on any atom is 0.261 e. The molecule has 0 spiro atoms. The molecule has 6 heteroatoms. The first-order valence-corrected chi connectivity index (χ1v) is 6.87. The van der Waals surface area contributed by atoms with Crippen LogP contribution in [0, 0.1) is 13.8 Å². The van der Waals surface area contributed by atoms with Crippen LogP contribution in [-0.4, -0.2) is 29.2 Å². The van der Waals surface area contributed by atoms with Crippen molar-refractivity contribution in [1.82, 2.24) is 4.98 Å². The molecule has 1 heterocycles. The molecule has 0 atom stereocenters. The number of aryl methyl sites for hydroxylation is 2. The Morgan fingerprint density at radius 3 is 2.55 bits per heavy atom. The van der Waals surface area contributed by atoms with Crippen LogP contribution in [0.25, 0.3) is 0 Å². The lowest BCUT2D eigenvalue weighted by Gasteiger charge is -2.09. The van der Waals surface area contributed by atoms with Crippen molar-refractivity contribution in [1.29, 1.82) is 0 Å². The van der Waals surface area contributed by atoms with Gasteiger partial charge in [0.05, 0.1) is 6.61 Å². The van der Waals surface area contributed by atoms with Gasteiger partial charge in [0.2, 0.25) is 0 Å². The summed E-state index contributed by atoms with van der Waals surface area (Å²) < 4.78 is 5.23. The highest BCUT2D eigenvalue weighted by Crippen LogP contribution is 2.16. The van der Waals surface area contributed by atoms with E-state index in [0.717, 1.165) is 0 Å². The van der Waals surface area contributed by atoms with Gasteiger partial charge in [0, 0.05) is 11.4 Å². The number of carbonyl (C=O) groups excluding carboxylic acids is 1. The fourth-order valence-electron chi connectivity index (χ4n) is 2.13. The molecule has 0 fully saturated rings. The molecule has 0 aliphatic rings. The minimum Gasteiger partial charge on any atom is -0.491 e. The summed E-state index contributed by atoms with van der Waals surface area (Å²) in [5, 5.41) is 11.4. The van der Waals surface area contributed by atoms with Gasteiger partial charge in [-0.3, -0.25) is 9.59 Å². The Labute approximate surface area is 127 Å². The summed E-state index contributed by atoms with van der Waals surface area (Å²) in [6.07, 6.45) is 0. The van der Waals surface area contributed by atoms with Crippen LogP contribution in [0.2, 0.25) is 0 Å². The van der Waals surface area contributed by atoms with Crippen LogP contribution in [0.3, 0.4) is 0 Å². The van der Waals surface area contributed by atoms with Crippen LogP contribution in [0.4, 0.5) is 5.69 Å². The number of pyridine rings is 1. The van der Waals surface area contributed by atoms with E-state index in [0.29, 0.717) is 22.7 Å². The van der Waals surface area contributed by atoms with Crippen molar-refractivity contribution in [2.24, 2.45) is 0 Å². The van der Waals surface area contributed by atoms with E-state index < -0.39 is 11.5 Å². The highest BCUT2D eigenvalue weighted by Gasteiger charge is 2.14. The third-order valence-corrected chi connectivity index (χ3v) is 3.06. The van der Waals surface area contributed by atoms with Crippen molar-refractivity contribution >= 4 is 11.6 Å². The van der Waals surface area contributed by atoms with Gasteiger partial charge in [-0.05, 0) is 49.7 Å². The first-order chi connectivity index (χ1) is 10.5. The number of anilines is 1. The molecule has 0 unspecified atom stereocenters. The van der Waals surface area contributed by atoms with Crippen LogP contribution >= 0.6 is 0 Å². The average molecular weight is 302 g/mol. The molecule has 0 bridgehead atoms. The molecule has 0 aliphatic carbocycles. The van der Waals surface area contributed by atoms with Gasteiger partial charge in [-0.25, -0.2) is 0 Å². The van der Waals surface area contributed by atoms with Crippen molar-refractivity contribution in [2.45, 2.75) is 13.8 Å². The number of aliphatic hydroxyl groups excluding tert-OH is 1. The topological polar surface area (TPSA) is 91.4 Å². The second-order valence-electron chi connectivity index (χ2n) is 4.89. The number of carbonyl (C=O) groups is 1. The van der Waals surface area contributed by atoms with Gasteiger partial charge >= 0.3 is 0 Å². The van der Waals surface area contributed by atoms with E-state index in [2.05, 4.69) is 10.3 Å². The quantitative estimate of drug-likeness (QED) is 0.782. The Hall–Kier alpha value is -2.60. The summed E-state index contributed by atoms with van der Waals surface area (Å²) in [6.45, 7) is 3.64. The number of benzene rings is 1. The molecule has 0 saturated heterocycles. The van der Waals surface area contributed by atoms with Crippen molar-refractivity contribution in [3.05, 3.63) is 57.5 Å². The van der Waals surface area contributed by atoms with Gasteiger partial charge in [0.1, 0.15) is 17.9 Å². The molecule has 1 aromatic carbocycles. The lowest BCUT2D eigenvalue weighted by molar-refractivity contribution is 0.102. The van der Waals surface area contributed by atoms with E-state index >= 15 is 0 Å². The number of rotatable bonds is 5. The Bertz CT molecular complexity index is 720. The second-order valence-corrected chi connectivity index (χ2v) is 4.89. The number of hydrogen-bond donors (Lipinski definition) is 3. The molecule has 0 aliphatic heterocycles. The zero-order valence-electron chi connectivity index (χ0n) is 12.5. The lowest BCUT2D eigenvalue weighted by atomic mass is 10.1. The van der Waals surface area contributed by atoms with Gasteiger partial charge in [0.15, 0.2) is 0 Å². The molecular weight excluding hydrogens is 284 g/mol. The van der Waals surface area contributed by atoms with Crippen LogP contribution in [0.1, 0.15) is 21.6 Å². The Kier molecular flexibility index (Phi) is 4.95. The SMILES string of the molecule is Cc1cc(C)c(C(=O)Nc2ccc(OCCO)cc2)c(=O)[nH]1. The molecule has 22 heavy (non-hydrogen) atoms. The first kappa shape index (κ1) is 15.8. The maximum atomic E-state index is 12.2. The van der Waals surface area contributed by atoms with Gasteiger partial charge in [-0.15, -0.1) is 0 Å². The minimum atomic E-state index is -0.456. The van der Waals surface area contributed by atoms with Gasteiger partial charge in [0.25, 0.3) is 11.5 Å². The van der Waals surface area contributed by atoms with E-state index in [9.17, 15) is 9.59 Å². The summed E-state index contributed by atoms with van der Waals surface area (Å²) >= 11 is 0. The molecule has 116 valence electrons. The summed E-state index contributed by atoms with van der Waals surface area (Å²) in [5.41, 5.74) is 1.59. The molecule has 1 aromatic heterocycles. The predicted molar refractivity (Wildman–Crippen MR) is 83.5 cm³/mol. The lowest BCUT2D eigenvalue weighted by Crippen LogP contribution is -2.25. The van der Waals surface area contributed by atoms with Crippen LogP contribution in [0.5, 0.6) is 5.75 Å². The number of aromatic amines is 1. The van der Waals surface area contributed by atoms with Crippen molar-refractivity contribution in [3.63, 3.8) is 0 Å². The fraction of sp³-hybridized carbons (Fsp3) is 0.250. The number of H-pyrrole nitrogens is 1. The third kappa shape index (κ3) is 3.73. The van der Waals surface area contributed by atoms with Gasteiger partial charge in [-0.2, -0.15) is 0 Å². The van der Waals surface area contributed by atoms with Crippen LogP contribution in [0.15, 0.2) is 35.1 Å².